The van der Waals surface area contributed by atoms with Crippen LogP contribution >= 0.6 is 24.0 Å². The first-order valence-electron chi connectivity index (χ1n) is 9.52. The maximum Gasteiger partial charge on any atom is 0.259 e. The predicted octanol–water partition coefficient (Wildman–Crippen LogP) is 2.33. The molecule has 0 saturated carbocycles. The van der Waals surface area contributed by atoms with Crippen LogP contribution in [0.4, 0.5) is 0 Å². The lowest BCUT2D eigenvalue weighted by Crippen LogP contribution is -2.44. The van der Waals surface area contributed by atoms with Crippen LogP contribution in [0.2, 0.25) is 0 Å². The largest absolute Gasteiger partial charge is 0.484 e. The fourth-order valence-electron chi connectivity index (χ4n) is 2.45. The Hall–Kier alpha value is -2.27. The average molecular weight is 530 g/mol. The van der Waals surface area contributed by atoms with Crippen LogP contribution in [0.3, 0.4) is 0 Å². The number of halogens is 1. The van der Waals surface area contributed by atoms with E-state index in [9.17, 15) is 9.90 Å². The number of benzene rings is 1. The Bertz CT molecular complexity index is 807. The standard InChI is InChI=1S/C21H30N4O4.HI/c1-5-22-20(24-15-21(2,27)18-10-7-11-28-18)23-13-16-8-6-9-17(12-16)29-14-19(26)25(3)4;/h6-12,27H,5,13-15H2,1-4H3,(H2,22,23,24);1H. The van der Waals surface area contributed by atoms with Gasteiger partial charge in [-0.25, -0.2) is 4.99 Å². The third kappa shape index (κ3) is 8.23. The Labute approximate surface area is 194 Å². The molecule has 1 aromatic carbocycles. The fraction of sp³-hybridized carbons (Fsp3) is 0.429. The SMILES string of the molecule is CCNC(=NCc1cccc(OCC(=O)N(C)C)c1)NCC(C)(O)c1ccco1.I. The number of carbonyl (C=O) groups is 1. The monoisotopic (exact) mass is 530 g/mol. The van der Waals surface area contributed by atoms with Gasteiger partial charge in [-0.2, -0.15) is 0 Å². The van der Waals surface area contributed by atoms with E-state index in [1.165, 1.54) is 11.2 Å². The van der Waals surface area contributed by atoms with Crippen LogP contribution in [0.25, 0.3) is 0 Å². The molecule has 0 spiro atoms. The number of furan rings is 1. The van der Waals surface area contributed by atoms with E-state index in [4.69, 9.17) is 9.15 Å². The Morgan fingerprint density at radius 1 is 1.27 bits per heavy atom. The number of nitrogens with zero attached hydrogens (tertiary/aromatic N) is 2. The number of carbonyl (C=O) groups excluding carboxylic acids is 1. The molecule has 1 heterocycles. The highest BCUT2D eigenvalue weighted by Gasteiger charge is 2.26. The molecule has 0 bridgehead atoms. The second-order valence-electron chi connectivity index (χ2n) is 7.02. The zero-order chi connectivity index (χ0) is 21.3. The molecule has 1 unspecified atom stereocenters. The molecule has 0 aliphatic heterocycles. The first kappa shape index (κ1) is 25.8. The second-order valence-corrected chi connectivity index (χ2v) is 7.02. The van der Waals surface area contributed by atoms with Crippen molar-refractivity contribution >= 4 is 35.8 Å². The molecule has 1 amide bonds. The molecule has 9 heteroatoms. The maximum absolute atomic E-state index is 11.7. The van der Waals surface area contributed by atoms with E-state index >= 15 is 0 Å². The van der Waals surface area contributed by atoms with Crippen molar-refractivity contribution in [2.75, 3.05) is 33.8 Å². The van der Waals surface area contributed by atoms with Crippen LogP contribution in [0.5, 0.6) is 5.75 Å². The predicted molar refractivity (Wildman–Crippen MR) is 127 cm³/mol. The van der Waals surface area contributed by atoms with E-state index in [-0.39, 0.29) is 43.0 Å². The van der Waals surface area contributed by atoms with Crippen LogP contribution < -0.4 is 15.4 Å². The molecule has 30 heavy (non-hydrogen) atoms. The quantitative estimate of drug-likeness (QED) is 0.262. The van der Waals surface area contributed by atoms with Gasteiger partial charge in [-0.15, -0.1) is 24.0 Å². The van der Waals surface area contributed by atoms with Gasteiger partial charge >= 0.3 is 0 Å². The smallest absolute Gasteiger partial charge is 0.259 e. The van der Waals surface area contributed by atoms with Crippen molar-refractivity contribution in [1.82, 2.24) is 15.5 Å². The molecule has 1 aromatic heterocycles. The van der Waals surface area contributed by atoms with Crippen molar-refractivity contribution in [2.24, 2.45) is 4.99 Å². The van der Waals surface area contributed by atoms with Crippen molar-refractivity contribution in [2.45, 2.75) is 26.0 Å². The van der Waals surface area contributed by atoms with Gasteiger partial charge in [0.2, 0.25) is 0 Å². The third-order valence-electron chi connectivity index (χ3n) is 4.18. The number of nitrogens with one attached hydrogen (secondary N) is 2. The summed E-state index contributed by atoms with van der Waals surface area (Å²) in [5.41, 5.74) is -0.221. The van der Waals surface area contributed by atoms with Gasteiger partial charge in [0.1, 0.15) is 17.1 Å². The molecular formula is C21H31IN4O4. The van der Waals surface area contributed by atoms with Gasteiger partial charge in [-0.1, -0.05) is 12.1 Å². The normalized spacial score (nSPS) is 13.0. The van der Waals surface area contributed by atoms with Gasteiger partial charge < -0.3 is 29.8 Å². The zero-order valence-electron chi connectivity index (χ0n) is 17.8. The first-order valence-corrected chi connectivity index (χ1v) is 9.52. The summed E-state index contributed by atoms with van der Waals surface area (Å²) in [4.78, 5) is 17.7. The highest BCUT2D eigenvalue weighted by Crippen LogP contribution is 2.19. The van der Waals surface area contributed by atoms with Gasteiger partial charge in [-0.3, -0.25) is 4.79 Å². The minimum atomic E-state index is -1.16. The van der Waals surface area contributed by atoms with Crippen molar-refractivity contribution in [3.05, 3.63) is 54.0 Å². The number of amides is 1. The number of aliphatic imine (C=N–C) groups is 1. The topological polar surface area (TPSA) is 99.3 Å². The van der Waals surface area contributed by atoms with Crippen LogP contribution in [-0.4, -0.2) is 55.7 Å². The van der Waals surface area contributed by atoms with E-state index in [1.807, 2.05) is 25.1 Å². The first-order chi connectivity index (χ1) is 13.8. The summed E-state index contributed by atoms with van der Waals surface area (Å²) in [7, 11) is 3.38. The molecule has 0 aliphatic carbocycles. The van der Waals surface area contributed by atoms with E-state index in [0.717, 1.165) is 5.56 Å². The lowest BCUT2D eigenvalue weighted by molar-refractivity contribution is -0.130. The maximum atomic E-state index is 11.7. The number of hydrogen-bond donors (Lipinski definition) is 3. The van der Waals surface area contributed by atoms with Crippen molar-refractivity contribution in [3.63, 3.8) is 0 Å². The highest BCUT2D eigenvalue weighted by molar-refractivity contribution is 14.0. The van der Waals surface area contributed by atoms with Gasteiger partial charge in [-0.05, 0) is 43.7 Å². The molecular weight excluding hydrogens is 499 g/mol. The number of hydrogen-bond acceptors (Lipinski definition) is 5. The minimum absolute atomic E-state index is 0. The second kappa shape index (κ2) is 12.4. The fourth-order valence-corrected chi connectivity index (χ4v) is 2.45. The summed E-state index contributed by atoms with van der Waals surface area (Å²) >= 11 is 0. The zero-order valence-corrected chi connectivity index (χ0v) is 20.2. The van der Waals surface area contributed by atoms with Gasteiger partial charge in [0.25, 0.3) is 5.91 Å². The van der Waals surface area contributed by atoms with Crippen molar-refractivity contribution < 1.29 is 19.1 Å². The summed E-state index contributed by atoms with van der Waals surface area (Å²) in [6.07, 6.45) is 1.53. The van der Waals surface area contributed by atoms with Crippen molar-refractivity contribution in [1.29, 1.82) is 0 Å². The van der Waals surface area contributed by atoms with E-state index in [2.05, 4.69) is 15.6 Å². The Morgan fingerprint density at radius 3 is 2.67 bits per heavy atom. The van der Waals surface area contributed by atoms with Gasteiger partial charge in [0, 0.05) is 20.6 Å². The highest BCUT2D eigenvalue weighted by atomic mass is 127. The summed E-state index contributed by atoms with van der Waals surface area (Å²) < 4.78 is 10.8. The van der Waals surface area contributed by atoms with E-state index < -0.39 is 5.60 Å². The van der Waals surface area contributed by atoms with E-state index in [1.54, 1.807) is 39.2 Å². The minimum Gasteiger partial charge on any atom is -0.484 e. The molecule has 2 aromatic rings. The third-order valence-corrected chi connectivity index (χ3v) is 4.18. The molecule has 8 nitrogen and oxygen atoms in total. The molecule has 3 N–H and O–H groups in total. The van der Waals surface area contributed by atoms with Crippen LogP contribution in [-0.2, 0) is 16.9 Å². The van der Waals surface area contributed by atoms with Gasteiger partial charge in [0.15, 0.2) is 12.6 Å². The lowest BCUT2D eigenvalue weighted by atomic mass is 10.0. The van der Waals surface area contributed by atoms with Crippen LogP contribution in [0.1, 0.15) is 25.2 Å². The average Bonchev–Trinajstić information content (AvgIpc) is 3.24. The Morgan fingerprint density at radius 2 is 2.03 bits per heavy atom. The molecule has 0 fully saturated rings. The van der Waals surface area contributed by atoms with Gasteiger partial charge in [0.05, 0.1) is 19.4 Å². The van der Waals surface area contributed by atoms with Crippen LogP contribution in [0, 0.1) is 0 Å². The Balaban J connectivity index is 0.00000450. The molecule has 166 valence electrons. The lowest BCUT2D eigenvalue weighted by Gasteiger charge is -2.22. The molecule has 0 aliphatic rings. The molecule has 0 saturated heterocycles. The number of guanidine groups is 1. The number of aliphatic hydroxyl groups is 1. The summed E-state index contributed by atoms with van der Waals surface area (Å²) in [5.74, 6) is 1.58. The molecule has 0 radical (unpaired) electrons. The summed E-state index contributed by atoms with van der Waals surface area (Å²) in [6, 6.07) is 10.9. The number of likely N-dealkylation sites (N-methyl/N-ethyl adjacent to an activating group) is 1. The summed E-state index contributed by atoms with van der Waals surface area (Å²) in [6.45, 7) is 4.98. The number of rotatable bonds is 9. The Kier molecular flexibility index (Phi) is 10.7. The summed E-state index contributed by atoms with van der Waals surface area (Å²) in [5, 5.41) is 16.9. The van der Waals surface area contributed by atoms with E-state index in [0.29, 0.717) is 30.6 Å². The number of ether oxygens (including phenoxy) is 1. The molecule has 2 rings (SSSR count). The van der Waals surface area contributed by atoms with Crippen LogP contribution in [0.15, 0.2) is 52.1 Å². The molecule has 1 atom stereocenters. The van der Waals surface area contributed by atoms with Crippen molar-refractivity contribution in [3.8, 4) is 5.75 Å².